The van der Waals surface area contributed by atoms with Crippen LogP contribution in [0.4, 0.5) is 0 Å². The van der Waals surface area contributed by atoms with E-state index in [0.717, 1.165) is 23.5 Å². The number of nitrogens with one attached hydrogen (secondary N) is 1. The van der Waals surface area contributed by atoms with Gasteiger partial charge in [0, 0.05) is 17.3 Å². The van der Waals surface area contributed by atoms with Gasteiger partial charge in [-0.3, -0.25) is 5.32 Å². The quantitative estimate of drug-likeness (QED) is 0.781. The summed E-state index contributed by atoms with van der Waals surface area (Å²) in [7, 11) is 0. The Bertz CT molecular complexity index is 788. The third kappa shape index (κ3) is 3.70. The molecule has 2 aromatic heterocycles. The van der Waals surface area contributed by atoms with Crippen molar-refractivity contribution in [1.82, 2.24) is 15.3 Å². The highest BCUT2D eigenvalue weighted by Crippen LogP contribution is 2.43. The highest BCUT2D eigenvalue weighted by Gasteiger charge is 2.43. The van der Waals surface area contributed by atoms with E-state index in [1.54, 1.807) is 0 Å². The maximum atomic E-state index is 4.56. The molecule has 0 bridgehead atoms. The van der Waals surface area contributed by atoms with Crippen molar-refractivity contribution < 1.29 is 0 Å². The first-order chi connectivity index (χ1) is 12.7. The molecule has 0 saturated heterocycles. The van der Waals surface area contributed by atoms with Crippen LogP contribution >= 0.6 is 11.3 Å². The summed E-state index contributed by atoms with van der Waals surface area (Å²) in [5, 5.41) is 5.27. The highest BCUT2D eigenvalue weighted by molar-refractivity contribution is 7.11. The monoisotopic (exact) mass is 365 g/mol. The molecule has 2 heterocycles. The van der Waals surface area contributed by atoms with E-state index in [1.165, 1.54) is 49.8 Å². The number of thiazole rings is 1. The fourth-order valence-corrected chi connectivity index (χ4v) is 5.49. The zero-order chi connectivity index (χ0) is 17.9. The molecule has 1 N–H and O–H groups in total. The van der Waals surface area contributed by atoms with Crippen molar-refractivity contribution in [2.45, 2.75) is 75.8 Å². The van der Waals surface area contributed by atoms with Crippen LogP contribution in [0.1, 0.15) is 73.4 Å². The van der Waals surface area contributed by atoms with Crippen molar-refractivity contribution >= 4 is 11.3 Å². The summed E-state index contributed by atoms with van der Waals surface area (Å²) in [4.78, 5) is 10.4. The third-order valence-corrected chi connectivity index (χ3v) is 6.95. The predicted molar refractivity (Wildman–Crippen MR) is 107 cm³/mol. The van der Waals surface area contributed by atoms with E-state index in [2.05, 4.69) is 40.2 Å². The van der Waals surface area contributed by atoms with Gasteiger partial charge in [0.05, 0.1) is 16.1 Å². The molecule has 4 heteroatoms. The Balaban J connectivity index is 1.66. The summed E-state index contributed by atoms with van der Waals surface area (Å²) < 4.78 is 0. The SMILES string of the molecule is Cc1ncc(C2(NC3(C#Cc4ccccn4)CCCC3)CCCCC2)s1. The zero-order valence-corrected chi connectivity index (χ0v) is 16.4. The number of rotatable bonds is 3. The van der Waals surface area contributed by atoms with E-state index in [4.69, 9.17) is 0 Å². The Labute approximate surface area is 160 Å². The van der Waals surface area contributed by atoms with Crippen LogP contribution in [0, 0.1) is 18.8 Å². The lowest BCUT2D eigenvalue weighted by atomic mass is 9.78. The molecule has 0 spiro atoms. The molecule has 3 nitrogen and oxygen atoms in total. The fourth-order valence-electron chi connectivity index (χ4n) is 4.51. The van der Waals surface area contributed by atoms with Crippen molar-refractivity contribution in [3.63, 3.8) is 0 Å². The Hall–Kier alpha value is -1.70. The van der Waals surface area contributed by atoms with E-state index in [9.17, 15) is 0 Å². The van der Waals surface area contributed by atoms with Crippen molar-refractivity contribution in [2.75, 3.05) is 0 Å². The maximum Gasteiger partial charge on any atom is 0.113 e. The Morgan fingerprint density at radius 3 is 2.42 bits per heavy atom. The molecule has 0 unspecified atom stereocenters. The minimum absolute atomic E-state index is 0.0489. The first-order valence-corrected chi connectivity index (χ1v) is 10.7. The zero-order valence-electron chi connectivity index (χ0n) is 15.6. The molecular formula is C22H27N3S. The number of hydrogen-bond acceptors (Lipinski definition) is 4. The van der Waals surface area contributed by atoms with Crippen molar-refractivity contribution in [3.05, 3.63) is 46.2 Å². The molecular weight excluding hydrogens is 338 g/mol. The molecule has 0 atom stereocenters. The Morgan fingerprint density at radius 1 is 1.00 bits per heavy atom. The number of hydrogen-bond donors (Lipinski definition) is 1. The van der Waals surface area contributed by atoms with Crippen LogP contribution in [0.25, 0.3) is 0 Å². The van der Waals surface area contributed by atoms with Gasteiger partial charge < -0.3 is 0 Å². The number of aromatic nitrogens is 2. The lowest BCUT2D eigenvalue weighted by Crippen LogP contribution is -2.55. The molecule has 2 aromatic rings. The minimum Gasteiger partial charge on any atom is -0.291 e. The average Bonchev–Trinajstić information content (AvgIpc) is 3.32. The summed E-state index contributed by atoms with van der Waals surface area (Å²) >= 11 is 1.86. The summed E-state index contributed by atoms with van der Waals surface area (Å²) in [5.41, 5.74) is 0.826. The lowest BCUT2D eigenvalue weighted by molar-refractivity contribution is 0.186. The Morgan fingerprint density at radius 2 is 1.77 bits per heavy atom. The van der Waals surface area contributed by atoms with Crippen LogP contribution in [0.3, 0.4) is 0 Å². The van der Waals surface area contributed by atoms with Gasteiger partial charge in [0.2, 0.25) is 0 Å². The number of pyridine rings is 1. The third-order valence-electron chi connectivity index (χ3n) is 5.83. The van der Waals surface area contributed by atoms with Gasteiger partial charge in [-0.1, -0.05) is 44.1 Å². The second-order valence-corrected chi connectivity index (χ2v) is 9.00. The lowest BCUT2D eigenvalue weighted by Gasteiger charge is -2.43. The summed E-state index contributed by atoms with van der Waals surface area (Å²) in [5.74, 6) is 6.98. The van der Waals surface area contributed by atoms with Gasteiger partial charge in [-0.2, -0.15) is 0 Å². The molecule has 0 aliphatic heterocycles. The standard InChI is InChI=1S/C22H27N3S/c1-18-24-17-20(26-18)22(13-4-2-5-14-22)25-21(11-6-7-12-21)15-10-19-9-3-8-16-23-19/h3,8-9,16-17,25H,2,4-7,11-14H2,1H3. The van der Waals surface area contributed by atoms with Gasteiger partial charge in [0.25, 0.3) is 0 Å². The fraction of sp³-hybridized carbons (Fsp3) is 0.545. The second kappa shape index (κ2) is 7.50. The molecule has 2 aliphatic rings. The van der Waals surface area contributed by atoms with Crippen LogP contribution in [-0.4, -0.2) is 15.5 Å². The Kier molecular flexibility index (Phi) is 5.11. The van der Waals surface area contributed by atoms with Gasteiger partial charge in [0.1, 0.15) is 5.69 Å². The van der Waals surface area contributed by atoms with Gasteiger partial charge >= 0.3 is 0 Å². The molecule has 4 rings (SSSR count). The van der Waals surface area contributed by atoms with Gasteiger partial charge in [-0.05, 0) is 50.7 Å². The molecule has 26 heavy (non-hydrogen) atoms. The van der Waals surface area contributed by atoms with Crippen molar-refractivity contribution in [3.8, 4) is 11.8 Å². The molecule has 2 fully saturated rings. The average molecular weight is 366 g/mol. The summed E-state index contributed by atoms with van der Waals surface area (Å²) in [6.45, 7) is 2.11. The molecule has 0 amide bonds. The van der Waals surface area contributed by atoms with Gasteiger partial charge in [-0.15, -0.1) is 11.3 Å². The van der Waals surface area contributed by atoms with Crippen LogP contribution in [0.15, 0.2) is 30.6 Å². The largest absolute Gasteiger partial charge is 0.291 e. The number of nitrogens with zero attached hydrogens (tertiary/aromatic N) is 2. The first kappa shape index (κ1) is 17.7. The highest BCUT2D eigenvalue weighted by atomic mass is 32.1. The van der Waals surface area contributed by atoms with Crippen molar-refractivity contribution in [2.24, 2.45) is 0 Å². The summed E-state index contributed by atoms with van der Waals surface area (Å²) in [6, 6.07) is 5.95. The first-order valence-electron chi connectivity index (χ1n) is 9.86. The van der Waals surface area contributed by atoms with E-state index in [0.29, 0.717) is 0 Å². The molecule has 0 aromatic carbocycles. The minimum atomic E-state index is -0.0905. The van der Waals surface area contributed by atoms with Crippen LogP contribution < -0.4 is 5.32 Å². The molecule has 2 aliphatic carbocycles. The molecule has 2 saturated carbocycles. The van der Waals surface area contributed by atoms with Crippen molar-refractivity contribution in [1.29, 1.82) is 0 Å². The normalized spacial score (nSPS) is 21.1. The second-order valence-electron chi connectivity index (χ2n) is 7.77. The number of aryl methyl sites for hydroxylation is 1. The topological polar surface area (TPSA) is 37.8 Å². The smallest absolute Gasteiger partial charge is 0.113 e. The van der Waals surface area contributed by atoms with E-state index in [1.807, 2.05) is 35.7 Å². The van der Waals surface area contributed by atoms with E-state index >= 15 is 0 Å². The van der Waals surface area contributed by atoms with Gasteiger partial charge in [-0.25, -0.2) is 9.97 Å². The molecule has 0 radical (unpaired) electrons. The van der Waals surface area contributed by atoms with Crippen LogP contribution in [0.2, 0.25) is 0 Å². The van der Waals surface area contributed by atoms with Gasteiger partial charge in [0.15, 0.2) is 0 Å². The summed E-state index contributed by atoms with van der Waals surface area (Å²) in [6.07, 6.45) is 15.0. The van der Waals surface area contributed by atoms with E-state index in [-0.39, 0.29) is 11.1 Å². The van der Waals surface area contributed by atoms with Crippen LogP contribution in [-0.2, 0) is 5.54 Å². The predicted octanol–water partition coefficient (Wildman–Crippen LogP) is 4.96. The van der Waals surface area contributed by atoms with E-state index < -0.39 is 0 Å². The van der Waals surface area contributed by atoms with Crippen LogP contribution in [0.5, 0.6) is 0 Å². The maximum absolute atomic E-state index is 4.56. The molecule has 136 valence electrons.